The predicted molar refractivity (Wildman–Crippen MR) is 55.6 cm³/mol. The van der Waals surface area contributed by atoms with Crippen molar-refractivity contribution in [3.63, 3.8) is 0 Å². The van der Waals surface area contributed by atoms with E-state index in [-0.39, 0.29) is 11.7 Å². The van der Waals surface area contributed by atoms with Crippen LogP contribution in [0.1, 0.15) is 19.8 Å². The fourth-order valence-corrected chi connectivity index (χ4v) is 3.32. The molecule has 0 aromatic heterocycles. The van der Waals surface area contributed by atoms with Crippen molar-refractivity contribution < 1.29 is 9.53 Å². The number of hydrogen-bond acceptors (Lipinski definition) is 3. The first kappa shape index (κ1) is 9.46. The molecule has 0 saturated carbocycles. The van der Waals surface area contributed by atoms with E-state index < -0.39 is 0 Å². The molecule has 4 aliphatic rings. The minimum Gasteiger partial charge on any atom is -0.439 e. The summed E-state index contributed by atoms with van der Waals surface area (Å²) in [6, 6.07) is 0. The van der Waals surface area contributed by atoms with Crippen molar-refractivity contribution in [1.82, 2.24) is 9.80 Å². The summed E-state index contributed by atoms with van der Waals surface area (Å²) in [5.74, 6) is 0.600. The van der Waals surface area contributed by atoms with Gasteiger partial charge < -0.3 is 9.64 Å². The molecule has 4 nitrogen and oxygen atoms in total. The first-order valence-corrected chi connectivity index (χ1v) is 5.94. The Balaban J connectivity index is 1.84. The van der Waals surface area contributed by atoms with Gasteiger partial charge in [0.1, 0.15) is 5.60 Å². The number of carbonyl (C=O) groups is 1. The maximum atomic E-state index is 11.6. The Hall–Kier alpha value is -0.770. The first-order chi connectivity index (χ1) is 7.23. The zero-order chi connectivity index (χ0) is 10.5. The molecular weight excluding hydrogens is 192 g/mol. The van der Waals surface area contributed by atoms with Gasteiger partial charge in [-0.05, 0) is 32.9 Å². The molecule has 4 saturated heterocycles. The Morgan fingerprint density at radius 1 is 1.40 bits per heavy atom. The van der Waals surface area contributed by atoms with Crippen molar-refractivity contribution in [3.05, 3.63) is 0 Å². The minimum atomic E-state index is -0.163. The summed E-state index contributed by atoms with van der Waals surface area (Å²) < 4.78 is 5.67. The highest BCUT2D eigenvalue weighted by Crippen LogP contribution is 2.41. The smallest absolute Gasteiger partial charge is 0.410 e. The molecule has 0 unspecified atom stereocenters. The number of likely N-dealkylation sites (N-methyl/N-ethyl adjacent to an activating group) is 1. The summed E-state index contributed by atoms with van der Waals surface area (Å²) in [6.07, 6.45) is 2.29. The maximum absolute atomic E-state index is 11.6. The van der Waals surface area contributed by atoms with E-state index >= 15 is 0 Å². The summed E-state index contributed by atoms with van der Waals surface area (Å²) in [5.41, 5.74) is -0.163. The summed E-state index contributed by atoms with van der Waals surface area (Å²) in [7, 11) is 0. The maximum Gasteiger partial charge on any atom is 0.410 e. The Kier molecular flexibility index (Phi) is 1.96. The average Bonchev–Trinajstić information content (AvgIpc) is 2.56. The normalized spacial score (nSPS) is 43.8. The molecule has 1 atom stereocenters. The van der Waals surface area contributed by atoms with E-state index in [1.807, 2.05) is 11.8 Å². The van der Waals surface area contributed by atoms with Crippen molar-refractivity contribution in [2.75, 3.05) is 32.7 Å². The Morgan fingerprint density at radius 2 is 2.13 bits per heavy atom. The van der Waals surface area contributed by atoms with Gasteiger partial charge in [-0.2, -0.15) is 0 Å². The molecule has 0 aromatic rings. The number of amides is 1. The lowest BCUT2D eigenvalue weighted by molar-refractivity contribution is -0.0891. The Morgan fingerprint density at radius 3 is 2.60 bits per heavy atom. The van der Waals surface area contributed by atoms with Crippen LogP contribution in [0.25, 0.3) is 0 Å². The largest absolute Gasteiger partial charge is 0.439 e. The van der Waals surface area contributed by atoms with Gasteiger partial charge in [-0.25, -0.2) is 4.79 Å². The van der Waals surface area contributed by atoms with E-state index in [4.69, 9.17) is 4.74 Å². The van der Waals surface area contributed by atoms with E-state index in [9.17, 15) is 4.79 Å². The molecule has 4 rings (SSSR count). The van der Waals surface area contributed by atoms with Gasteiger partial charge in [0.15, 0.2) is 0 Å². The van der Waals surface area contributed by atoms with Crippen molar-refractivity contribution in [3.8, 4) is 0 Å². The number of hydrogen-bond donors (Lipinski definition) is 0. The van der Waals surface area contributed by atoms with E-state index in [2.05, 4.69) is 4.90 Å². The molecule has 15 heavy (non-hydrogen) atoms. The predicted octanol–water partition coefficient (Wildman–Crippen LogP) is 0.923. The molecule has 2 bridgehead atoms. The highest BCUT2D eigenvalue weighted by atomic mass is 16.6. The minimum absolute atomic E-state index is 0.105. The lowest BCUT2D eigenvalue weighted by atomic mass is 9.75. The van der Waals surface area contributed by atoms with Crippen LogP contribution in [-0.4, -0.2) is 54.2 Å². The average molecular weight is 210 g/mol. The number of nitrogens with zero attached hydrogens (tertiary/aromatic N) is 2. The van der Waals surface area contributed by atoms with Crippen LogP contribution in [-0.2, 0) is 4.74 Å². The number of ether oxygens (including phenoxy) is 1. The second kappa shape index (κ2) is 3.11. The zero-order valence-corrected chi connectivity index (χ0v) is 9.24. The van der Waals surface area contributed by atoms with Crippen molar-refractivity contribution in [2.24, 2.45) is 5.92 Å². The van der Waals surface area contributed by atoms with E-state index in [1.54, 1.807) is 0 Å². The molecule has 84 valence electrons. The molecule has 0 aliphatic carbocycles. The van der Waals surface area contributed by atoms with Gasteiger partial charge in [0.2, 0.25) is 0 Å². The van der Waals surface area contributed by atoms with Gasteiger partial charge in [-0.1, -0.05) is 0 Å². The van der Waals surface area contributed by atoms with E-state index in [1.165, 1.54) is 25.9 Å². The fourth-order valence-electron chi connectivity index (χ4n) is 3.32. The monoisotopic (exact) mass is 210 g/mol. The molecular formula is C11H18N2O2. The topological polar surface area (TPSA) is 32.8 Å². The highest BCUT2D eigenvalue weighted by molar-refractivity contribution is 5.70. The van der Waals surface area contributed by atoms with Gasteiger partial charge in [-0.15, -0.1) is 0 Å². The van der Waals surface area contributed by atoms with Crippen LogP contribution >= 0.6 is 0 Å². The molecule has 1 amide bonds. The quantitative estimate of drug-likeness (QED) is 0.645. The lowest BCUT2D eigenvalue weighted by Crippen LogP contribution is -2.60. The molecule has 4 fully saturated rings. The van der Waals surface area contributed by atoms with Gasteiger partial charge in [0.05, 0.1) is 6.54 Å². The Labute approximate surface area is 90.2 Å². The third kappa shape index (κ3) is 1.27. The van der Waals surface area contributed by atoms with Crippen LogP contribution in [0.2, 0.25) is 0 Å². The zero-order valence-electron chi connectivity index (χ0n) is 9.24. The Bertz CT molecular complexity index is 286. The molecule has 4 heteroatoms. The summed E-state index contributed by atoms with van der Waals surface area (Å²) in [4.78, 5) is 15.9. The number of piperidine rings is 3. The van der Waals surface area contributed by atoms with Crippen LogP contribution in [0.3, 0.4) is 0 Å². The second-order valence-electron chi connectivity index (χ2n) is 5.00. The van der Waals surface area contributed by atoms with Crippen LogP contribution in [0.5, 0.6) is 0 Å². The van der Waals surface area contributed by atoms with Gasteiger partial charge in [0.25, 0.3) is 0 Å². The highest BCUT2D eigenvalue weighted by Gasteiger charge is 2.54. The molecule has 1 spiro atoms. The summed E-state index contributed by atoms with van der Waals surface area (Å²) in [6.45, 7) is 6.94. The van der Waals surface area contributed by atoms with Gasteiger partial charge >= 0.3 is 6.09 Å². The molecule has 4 aliphatic heterocycles. The van der Waals surface area contributed by atoms with Crippen molar-refractivity contribution >= 4 is 6.09 Å². The molecule has 0 aromatic carbocycles. The van der Waals surface area contributed by atoms with Crippen LogP contribution in [0.4, 0.5) is 4.79 Å². The van der Waals surface area contributed by atoms with E-state index in [0.717, 1.165) is 19.6 Å². The van der Waals surface area contributed by atoms with Crippen molar-refractivity contribution in [1.29, 1.82) is 0 Å². The summed E-state index contributed by atoms with van der Waals surface area (Å²) >= 11 is 0. The first-order valence-electron chi connectivity index (χ1n) is 5.94. The summed E-state index contributed by atoms with van der Waals surface area (Å²) in [5, 5.41) is 0. The second-order valence-corrected chi connectivity index (χ2v) is 5.00. The standard InChI is InChI=1S/C11H18N2O2/c1-2-13-8-11(15-10(13)14)7-12-5-3-9(11)4-6-12/h9H,2-8H2,1H3/t11-/m1/s1. The van der Waals surface area contributed by atoms with Gasteiger partial charge in [-0.3, -0.25) is 4.90 Å². The molecule has 0 N–H and O–H groups in total. The number of fused-ring (bicyclic) bond motifs is 2. The molecule has 4 heterocycles. The van der Waals surface area contributed by atoms with E-state index in [0.29, 0.717) is 5.92 Å². The molecule has 0 radical (unpaired) electrons. The lowest BCUT2D eigenvalue weighted by Gasteiger charge is -2.49. The number of rotatable bonds is 1. The third-order valence-corrected chi connectivity index (χ3v) is 4.21. The van der Waals surface area contributed by atoms with Crippen LogP contribution < -0.4 is 0 Å². The SMILES string of the molecule is CCN1C[C@@]2(CN3CCC2CC3)OC1=O. The fraction of sp³-hybridized carbons (Fsp3) is 0.909. The van der Waals surface area contributed by atoms with Crippen LogP contribution in [0, 0.1) is 5.92 Å². The third-order valence-electron chi connectivity index (χ3n) is 4.21. The van der Waals surface area contributed by atoms with Crippen molar-refractivity contribution in [2.45, 2.75) is 25.4 Å². The number of carbonyl (C=O) groups excluding carboxylic acids is 1. The van der Waals surface area contributed by atoms with Crippen LogP contribution in [0.15, 0.2) is 0 Å². The van der Waals surface area contributed by atoms with Gasteiger partial charge in [0, 0.05) is 19.0 Å².